The van der Waals surface area contributed by atoms with Gasteiger partial charge in [-0.15, -0.1) is 11.3 Å². The first-order chi connectivity index (χ1) is 10.1. The Morgan fingerprint density at radius 1 is 1.38 bits per heavy atom. The number of piperidine rings is 1. The molecule has 1 aliphatic heterocycles. The van der Waals surface area contributed by atoms with Crippen molar-refractivity contribution in [3.8, 4) is 0 Å². The van der Waals surface area contributed by atoms with Gasteiger partial charge in [-0.05, 0) is 32.4 Å². The Kier molecular flexibility index (Phi) is 6.19. The summed E-state index contributed by atoms with van der Waals surface area (Å²) < 4.78 is 32.4. The van der Waals surface area contributed by atoms with Crippen molar-refractivity contribution in [1.82, 2.24) is 9.62 Å². The van der Waals surface area contributed by atoms with Crippen LogP contribution in [0.3, 0.4) is 0 Å². The molecule has 0 radical (unpaired) electrons. The number of sulfonamides is 1. The van der Waals surface area contributed by atoms with E-state index < -0.39 is 10.0 Å². The molecule has 1 fully saturated rings. The Labute approximate surface area is 131 Å². The van der Waals surface area contributed by atoms with Crippen molar-refractivity contribution in [2.24, 2.45) is 0 Å². The molecule has 7 heteroatoms. The molecule has 1 saturated heterocycles. The normalized spacial score (nSPS) is 18.2. The van der Waals surface area contributed by atoms with Crippen LogP contribution in [0.25, 0.3) is 0 Å². The van der Waals surface area contributed by atoms with E-state index in [0.717, 1.165) is 30.8 Å². The molecular formula is C14H24N2O3S2. The summed E-state index contributed by atoms with van der Waals surface area (Å²) in [5.74, 6) is 0. The second kappa shape index (κ2) is 7.69. The highest BCUT2D eigenvalue weighted by molar-refractivity contribution is 7.89. The van der Waals surface area contributed by atoms with E-state index in [1.807, 2.05) is 13.8 Å². The maximum Gasteiger partial charge on any atom is 0.243 e. The number of nitrogens with one attached hydrogen (secondary N) is 1. The summed E-state index contributed by atoms with van der Waals surface area (Å²) in [5, 5.41) is 4.96. The largest absolute Gasteiger partial charge is 0.378 e. The summed E-state index contributed by atoms with van der Waals surface area (Å²) in [5.41, 5.74) is 0. The number of nitrogens with zero attached hydrogens (tertiary/aromatic N) is 1. The fraction of sp³-hybridized carbons (Fsp3) is 0.714. The van der Waals surface area contributed by atoms with E-state index in [4.69, 9.17) is 4.74 Å². The van der Waals surface area contributed by atoms with Crippen LogP contribution in [0.1, 0.15) is 31.6 Å². The van der Waals surface area contributed by atoms with Crippen molar-refractivity contribution in [1.29, 1.82) is 0 Å². The van der Waals surface area contributed by atoms with Crippen LogP contribution in [0.5, 0.6) is 0 Å². The number of ether oxygens (including phenoxy) is 1. The summed E-state index contributed by atoms with van der Waals surface area (Å²) >= 11 is 1.50. The van der Waals surface area contributed by atoms with Gasteiger partial charge in [0.05, 0.1) is 11.0 Å². The molecule has 0 aliphatic carbocycles. The van der Waals surface area contributed by atoms with Gasteiger partial charge in [-0.3, -0.25) is 0 Å². The van der Waals surface area contributed by atoms with Crippen molar-refractivity contribution >= 4 is 21.4 Å². The monoisotopic (exact) mass is 332 g/mol. The highest BCUT2D eigenvalue weighted by Gasteiger charge is 2.30. The molecule has 21 heavy (non-hydrogen) atoms. The van der Waals surface area contributed by atoms with Crippen molar-refractivity contribution < 1.29 is 13.2 Å². The van der Waals surface area contributed by atoms with Crippen LogP contribution in [0.15, 0.2) is 16.3 Å². The number of hydrogen-bond acceptors (Lipinski definition) is 5. The minimum Gasteiger partial charge on any atom is -0.378 e. The lowest BCUT2D eigenvalue weighted by Crippen LogP contribution is -2.40. The van der Waals surface area contributed by atoms with Gasteiger partial charge in [-0.1, -0.05) is 6.92 Å². The van der Waals surface area contributed by atoms with Gasteiger partial charge in [0.25, 0.3) is 0 Å². The van der Waals surface area contributed by atoms with Gasteiger partial charge in [0.2, 0.25) is 10.0 Å². The first-order valence-corrected chi connectivity index (χ1v) is 9.79. The highest BCUT2D eigenvalue weighted by atomic mass is 32.2. The van der Waals surface area contributed by atoms with Crippen molar-refractivity contribution in [2.45, 2.75) is 44.2 Å². The van der Waals surface area contributed by atoms with Crippen LogP contribution in [0, 0.1) is 0 Å². The molecule has 0 atom stereocenters. The van der Waals surface area contributed by atoms with E-state index in [2.05, 4.69) is 5.32 Å². The molecule has 0 unspecified atom stereocenters. The minimum atomic E-state index is -3.34. The molecule has 1 aromatic heterocycles. The summed E-state index contributed by atoms with van der Waals surface area (Å²) in [4.78, 5) is 1.48. The Morgan fingerprint density at radius 3 is 2.71 bits per heavy atom. The topological polar surface area (TPSA) is 58.6 Å². The zero-order chi connectivity index (χ0) is 15.3. The third kappa shape index (κ3) is 4.26. The second-order valence-corrected chi connectivity index (χ2v) is 8.02. The third-order valence-electron chi connectivity index (χ3n) is 3.62. The van der Waals surface area contributed by atoms with E-state index >= 15 is 0 Å². The van der Waals surface area contributed by atoms with Crippen LogP contribution in [-0.4, -0.2) is 45.1 Å². The molecule has 1 aromatic rings. The van der Waals surface area contributed by atoms with Crippen LogP contribution < -0.4 is 5.32 Å². The van der Waals surface area contributed by atoms with Gasteiger partial charge < -0.3 is 10.1 Å². The van der Waals surface area contributed by atoms with Crippen molar-refractivity contribution in [2.75, 3.05) is 26.2 Å². The number of thiophene rings is 1. The van der Waals surface area contributed by atoms with Crippen LogP contribution in [-0.2, 0) is 21.3 Å². The Hall–Kier alpha value is -0.470. The summed E-state index contributed by atoms with van der Waals surface area (Å²) in [6.45, 7) is 7.40. The van der Waals surface area contributed by atoms with E-state index in [9.17, 15) is 8.42 Å². The molecule has 0 spiro atoms. The molecule has 0 saturated carbocycles. The number of hydrogen-bond donors (Lipinski definition) is 1. The lowest BCUT2D eigenvalue weighted by Gasteiger charge is -2.30. The van der Waals surface area contributed by atoms with Crippen LogP contribution >= 0.6 is 11.3 Å². The fourth-order valence-corrected chi connectivity index (χ4v) is 5.16. The maximum absolute atomic E-state index is 12.6. The predicted molar refractivity (Wildman–Crippen MR) is 85.1 cm³/mol. The Morgan fingerprint density at radius 2 is 2.10 bits per heavy atom. The van der Waals surface area contributed by atoms with Crippen molar-refractivity contribution in [3.05, 3.63) is 16.3 Å². The molecule has 2 rings (SSSR count). The Balaban J connectivity index is 2.00. The average Bonchev–Trinajstić information content (AvgIpc) is 2.96. The third-order valence-corrected chi connectivity index (χ3v) is 6.58. The lowest BCUT2D eigenvalue weighted by atomic mass is 10.1. The molecular weight excluding hydrogens is 308 g/mol. The zero-order valence-electron chi connectivity index (χ0n) is 12.7. The molecule has 120 valence electrons. The van der Waals surface area contributed by atoms with Gasteiger partial charge in [-0.25, -0.2) is 8.42 Å². The molecule has 0 amide bonds. The average molecular weight is 332 g/mol. The second-order valence-electron chi connectivity index (χ2n) is 5.09. The SMILES string of the molecule is CCNCc1cc(S(=O)(=O)N2CCC(OCC)CC2)cs1. The summed E-state index contributed by atoms with van der Waals surface area (Å²) in [7, 11) is -3.34. The molecule has 5 nitrogen and oxygen atoms in total. The number of rotatable bonds is 7. The summed E-state index contributed by atoms with van der Waals surface area (Å²) in [6, 6.07) is 1.79. The van der Waals surface area contributed by atoms with Gasteiger partial charge in [0, 0.05) is 36.5 Å². The molecule has 1 aliphatic rings. The van der Waals surface area contributed by atoms with Crippen LogP contribution in [0.4, 0.5) is 0 Å². The standard InChI is InChI=1S/C14H24N2O3S2/c1-3-15-10-13-9-14(11-20-13)21(17,18)16-7-5-12(6-8-16)19-4-2/h9,11-12,15H,3-8,10H2,1-2H3. The van der Waals surface area contributed by atoms with Crippen molar-refractivity contribution in [3.63, 3.8) is 0 Å². The van der Waals surface area contributed by atoms with E-state index in [0.29, 0.717) is 24.6 Å². The molecule has 0 aromatic carbocycles. The molecule has 2 heterocycles. The van der Waals surface area contributed by atoms with E-state index in [-0.39, 0.29) is 6.10 Å². The predicted octanol–water partition coefficient (Wildman–Crippen LogP) is 2.05. The molecule has 1 N–H and O–H groups in total. The first kappa shape index (κ1) is 16.9. The first-order valence-electron chi connectivity index (χ1n) is 7.47. The quantitative estimate of drug-likeness (QED) is 0.830. The van der Waals surface area contributed by atoms with Gasteiger partial charge in [-0.2, -0.15) is 4.31 Å². The highest BCUT2D eigenvalue weighted by Crippen LogP contribution is 2.25. The van der Waals surface area contributed by atoms with E-state index in [1.54, 1.807) is 15.8 Å². The van der Waals surface area contributed by atoms with Crippen LogP contribution in [0.2, 0.25) is 0 Å². The lowest BCUT2D eigenvalue weighted by molar-refractivity contribution is 0.0290. The maximum atomic E-state index is 12.6. The summed E-state index contributed by atoms with van der Waals surface area (Å²) in [6.07, 6.45) is 1.76. The minimum absolute atomic E-state index is 0.202. The fourth-order valence-electron chi connectivity index (χ4n) is 2.46. The zero-order valence-corrected chi connectivity index (χ0v) is 14.3. The van der Waals surface area contributed by atoms with Gasteiger partial charge >= 0.3 is 0 Å². The van der Waals surface area contributed by atoms with E-state index in [1.165, 1.54) is 11.3 Å². The van der Waals surface area contributed by atoms with Gasteiger partial charge in [0.15, 0.2) is 0 Å². The Bertz CT molecular complexity index is 534. The molecule has 0 bridgehead atoms. The smallest absolute Gasteiger partial charge is 0.243 e. The van der Waals surface area contributed by atoms with Gasteiger partial charge in [0.1, 0.15) is 0 Å².